The van der Waals surface area contributed by atoms with E-state index in [1.807, 2.05) is 24.5 Å². The highest BCUT2D eigenvalue weighted by molar-refractivity contribution is 5.75. The third-order valence-corrected chi connectivity index (χ3v) is 5.78. The summed E-state index contributed by atoms with van der Waals surface area (Å²) >= 11 is 0. The van der Waals surface area contributed by atoms with Crippen LogP contribution in [0.1, 0.15) is 85.0 Å². The summed E-state index contributed by atoms with van der Waals surface area (Å²) in [7, 11) is 0. The third kappa shape index (κ3) is 8.77. The second kappa shape index (κ2) is 14.9. The fourth-order valence-electron chi connectivity index (χ4n) is 3.52. The van der Waals surface area contributed by atoms with Gasteiger partial charge in [-0.05, 0) is 30.9 Å². The van der Waals surface area contributed by atoms with Gasteiger partial charge in [-0.25, -0.2) is 0 Å². The molecule has 1 heterocycles. The van der Waals surface area contributed by atoms with Crippen LogP contribution in [0.2, 0.25) is 0 Å². The molecule has 0 N–H and O–H groups in total. The van der Waals surface area contributed by atoms with Crippen molar-refractivity contribution in [2.75, 3.05) is 13.2 Å². The summed E-state index contributed by atoms with van der Waals surface area (Å²) in [5.74, 6) is 2.45. The Balaban J connectivity index is 1.87. The van der Waals surface area contributed by atoms with Crippen molar-refractivity contribution in [2.45, 2.75) is 85.0 Å². The lowest BCUT2D eigenvalue weighted by atomic mass is 10.0. The maximum Gasteiger partial charge on any atom is 0.145 e. The Bertz CT molecular complexity index is 701. The molecular formula is C27H41NO2. The standard InChI is InChI=1S/C27H41NO2/c1-4-6-7-8-9-10-11-14-20-29-27-22-28-19-17-25(27)24-15-12-13-16-26(24)30-21-18-23(3)5-2/h12-13,15-17,19,22-23H,4-11,14,18,20-21H2,1-3H3. The molecule has 0 radical (unpaired) electrons. The molecule has 0 aliphatic rings. The zero-order chi connectivity index (χ0) is 21.4. The molecule has 0 amide bonds. The molecule has 1 aromatic carbocycles. The summed E-state index contributed by atoms with van der Waals surface area (Å²) < 4.78 is 12.3. The first-order valence-electron chi connectivity index (χ1n) is 12.0. The summed E-state index contributed by atoms with van der Waals surface area (Å²) in [6.45, 7) is 8.25. The number of aromatic nitrogens is 1. The van der Waals surface area contributed by atoms with Gasteiger partial charge in [-0.2, -0.15) is 0 Å². The van der Waals surface area contributed by atoms with E-state index in [0.29, 0.717) is 5.92 Å². The van der Waals surface area contributed by atoms with Crippen molar-refractivity contribution in [3.63, 3.8) is 0 Å². The highest BCUT2D eigenvalue weighted by Crippen LogP contribution is 2.36. The predicted octanol–water partition coefficient (Wildman–Crippen LogP) is 8.08. The van der Waals surface area contributed by atoms with Crippen molar-refractivity contribution < 1.29 is 9.47 Å². The molecule has 1 unspecified atom stereocenters. The Morgan fingerprint density at radius 3 is 2.20 bits per heavy atom. The number of para-hydroxylation sites is 1. The molecule has 30 heavy (non-hydrogen) atoms. The molecule has 3 nitrogen and oxygen atoms in total. The van der Waals surface area contributed by atoms with Gasteiger partial charge in [-0.1, -0.05) is 90.3 Å². The number of hydrogen-bond acceptors (Lipinski definition) is 3. The van der Waals surface area contributed by atoms with Gasteiger partial charge in [0, 0.05) is 17.3 Å². The minimum Gasteiger partial charge on any atom is -0.493 e. The largest absolute Gasteiger partial charge is 0.493 e. The van der Waals surface area contributed by atoms with Crippen LogP contribution in [0.25, 0.3) is 11.1 Å². The predicted molar refractivity (Wildman–Crippen MR) is 127 cm³/mol. The quantitative estimate of drug-likeness (QED) is 0.262. The first kappa shape index (κ1) is 24.2. The van der Waals surface area contributed by atoms with Crippen LogP contribution in [0.5, 0.6) is 11.5 Å². The van der Waals surface area contributed by atoms with E-state index in [1.54, 1.807) is 0 Å². The van der Waals surface area contributed by atoms with E-state index in [-0.39, 0.29) is 0 Å². The highest BCUT2D eigenvalue weighted by Gasteiger charge is 2.12. The van der Waals surface area contributed by atoms with Crippen LogP contribution in [0.15, 0.2) is 42.7 Å². The molecule has 0 bridgehead atoms. The van der Waals surface area contributed by atoms with E-state index in [1.165, 1.54) is 51.4 Å². The maximum atomic E-state index is 6.14. The van der Waals surface area contributed by atoms with Gasteiger partial charge >= 0.3 is 0 Å². The van der Waals surface area contributed by atoms with Crippen LogP contribution < -0.4 is 9.47 Å². The van der Waals surface area contributed by atoms with Crippen LogP contribution >= 0.6 is 0 Å². The first-order valence-corrected chi connectivity index (χ1v) is 12.0. The van der Waals surface area contributed by atoms with Crippen LogP contribution in [0.4, 0.5) is 0 Å². The van der Waals surface area contributed by atoms with E-state index in [0.717, 1.165) is 48.7 Å². The van der Waals surface area contributed by atoms with Gasteiger partial charge in [0.25, 0.3) is 0 Å². The number of unbranched alkanes of at least 4 members (excludes halogenated alkanes) is 7. The SMILES string of the molecule is CCCCCCCCCCOc1cnccc1-c1ccccc1OCCC(C)CC. The first-order chi connectivity index (χ1) is 14.8. The van der Waals surface area contributed by atoms with Crippen LogP contribution in [-0.4, -0.2) is 18.2 Å². The van der Waals surface area contributed by atoms with Crippen LogP contribution in [0, 0.1) is 5.92 Å². The molecule has 0 saturated heterocycles. The van der Waals surface area contributed by atoms with E-state index in [2.05, 4.69) is 44.0 Å². The lowest BCUT2D eigenvalue weighted by Crippen LogP contribution is -2.04. The Kier molecular flexibility index (Phi) is 12.0. The Morgan fingerprint density at radius 1 is 0.767 bits per heavy atom. The summed E-state index contributed by atoms with van der Waals surface area (Å²) in [4.78, 5) is 4.29. The topological polar surface area (TPSA) is 31.4 Å². The molecule has 0 saturated carbocycles. The Morgan fingerprint density at radius 2 is 1.43 bits per heavy atom. The fourth-order valence-corrected chi connectivity index (χ4v) is 3.52. The van der Waals surface area contributed by atoms with Gasteiger partial charge < -0.3 is 9.47 Å². The second-order valence-corrected chi connectivity index (χ2v) is 8.34. The van der Waals surface area contributed by atoms with Crippen LogP contribution in [0.3, 0.4) is 0 Å². The molecule has 1 aromatic heterocycles. The summed E-state index contributed by atoms with van der Waals surface area (Å²) in [6.07, 6.45) is 16.3. The lowest BCUT2D eigenvalue weighted by Gasteiger charge is -2.16. The van der Waals surface area contributed by atoms with Crippen molar-refractivity contribution in [3.05, 3.63) is 42.7 Å². The van der Waals surface area contributed by atoms with Crippen molar-refractivity contribution in [1.29, 1.82) is 0 Å². The average molecular weight is 412 g/mol. The Hall–Kier alpha value is -2.03. The maximum absolute atomic E-state index is 6.14. The van der Waals surface area contributed by atoms with E-state index < -0.39 is 0 Å². The van der Waals surface area contributed by atoms with Crippen LogP contribution in [-0.2, 0) is 0 Å². The molecule has 1 atom stereocenters. The van der Waals surface area contributed by atoms with Gasteiger partial charge in [-0.3, -0.25) is 4.98 Å². The van der Waals surface area contributed by atoms with Crippen molar-refractivity contribution in [3.8, 4) is 22.6 Å². The Labute approximate surface area is 184 Å². The van der Waals surface area contributed by atoms with Gasteiger partial charge in [0.15, 0.2) is 0 Å². The number of rotatable bonds is 16. The molecule has 2 aromatic rings. The summed E-state index contributed by atoms with van der Waals surface area (Å²) in [5.41, 5.74) is 2.14. The number of ether oxygens (including phenoxy) is 2. The molecule has 0 aliphatic heterocycles. The van der Waals surface area contributed by atoms with Gasteiger partial charge in [0.1, 0.15) is 11.5 Å². The number of hydrogen-bond donors (Lipinski definition) is 0. The van der Waals surface area contributed by atoms with Gasteiger partial charge in [-0.15, -0.1) is 0 Å². The highest BCUT2D eigenvalue weighted by atomic mass is 16.5. The fraction of sp³-hybridized carbons (Fsp3) is 0.593. The monoisotopic (exact) mass is 411 g/mol. The van der Waals surface area contributed by atoms with Crippen molar-refractivity contribution in [1.82, 2.24) is 4.98 Å². The normalized spacial score (nSPS) is 12.0. The van der Waals surface area contributed by atoms with E-state index in [9.17, 15) is 0 Å². The smallest absolute Gasteiger partial charge is 0.145 e. The molecular weight excluding hydrogens is 370 g/mol. The summed E-state index contributed by atoms with van der Waals surface area (Å²) in [6, 6.07) is 10.3. The lowest BCUT2D eigenvalue weighted by molar-refractivity contribution is 0.282. The van der Waals surface area contributed by atoms with Crippen molar-refractivity contribution in [2.24, 2.45) is 5.92 Å². The molecule has 0 fully saturated rings. The molecule has 0 aliphatic carbocycles. The molecule has 2 rings (SSSR count). The van der Waals surface area contributed by atoms with Crippen molar-refractivity contribution >= 4 is 0 Å². The van der Waals surface area contributed by atoms with E-state index >= 15 is 0 Å². The van der Waals surface area contributed by atoms with E-state index in [4.69, 9.17) is 9.47 Å². The van der Waals surface area contributed by atoms with Gasteiger partial charge in [0.2, 0.25) is 0 Å². The molecule has 0 spiro atoms. The molecule has 166 valence electrons. The number of benzene rings is 1. The minimum atomic E-state index is 0.684. The van der Waals surface area contributed by atoms with Gasteiger partial charge in [0.05, 0.1) is 19.4 Å². The molecule has 3 heteroatoms. The second-order valence-electron chi connectivity index (χ2n) is 8.34. The average Bonchev–Trinajstić information content (AvgIpc) is 2.78. The minimum absolute atomic E-state index is 0.684. The number of pyridine rings is 1. The summed E-state index contributed by atoms with van der Waals surface area (Å²) in [5, 5.41) is 0. The third-order valence-electron chi connectivity index (χ3n) is 5.78. The zero-order valence-corrected chi connectivity index (χ0v) is 19.4. The zero-order valence-electron chi connectivity index (χ0n) is 19.4. The number of nitrogens with zero attached hydrogens (tertiary/aromatic N) is 1.